The van der Waals surface area contributed by atoms with Crippen molar-refractivity contribution in [2.75, 3.05) is 5.73 Å². The minimum absolute atomic E-state index is 0.315. The lowest BCUT2D eigenvalue weighted by molar-refractivity contribution is -0.140. The average Bonchev–Trinajstić information content (AvgIpc) is 2.82. The molecular formula is C15H10ClF5N4. The van der Waals surface area contributed by atoms with Crippen LogP contribution in [0.2, 0.25) is 5.02 Å². The summed E-state index contributed by atoms with van der Waals surface area (Å²) in [6.45, 7) is 1.67. The molecule has 2 N–H and O–H groups in total. The van der Waals surface area contributed by atoms with Gasteiger partial charge in [0.25, 0.3) is 6.43 Å². The number of nitrogen functional groups attached to an aromatic ring is 1. The van der Waals surface area contributed by atoms with Crippen LogP contribution in [0.1, 0.15) is 23.4 Å². The molecule has 0 radical (unpaired) electrons. The quantitative estimate of drug-likeness (QED) is 0.646. The molecule has 0 aliphatic heterocycles. The van der Waals surface area contributed by atoms with Gasteiger partial charge in [0.1, 0.15) is 11.5 Å². The molecule has 25 heavy (non-hydrogen) atoms. The Morgan fingerprint density at radius 1 is 1.20 bits per heavy atom. The van der Waals surface area contributed by atoms with Gasteiger partial charge in [0.2, 0.25) is 0 Å². The van der Waals surface area contributed by atoms with E-state index in [0.29, 0.717) is 16.3 Å². The number of fused-ring (bicyclic) bond motifs is 1. The van der Waals surface area contributed by atoms with Crippen LogP contribution in [0.25, 0.3) is 16.6 Å². The molecule has 2 heterocycles. The summed E-state index contributed by atoms with van der Waals surface area (Å²) in [5, 5.41) is 3.87. The van der Waals surface area contributed by atoms with Crippen molar-refractivity contribution in [2.24, 2.45) is 0 Å². The van der Waals surface area contributed by atoms with E-state index in [1.165, 1.54) is 12.1 Å². The van der Waals surface area contributed by atoms with E-state index in [9.17, 15) is 22.0 Å². The number of alkyl halides is 5. The van der Waals surface area contributed by atoms with Gasteiger partial charge in [0, 0.05) is 5.02 Å². The number of halogens is 6. The van der Waals surface area contributed by atoms with E-state index in [2.05, 4.69) is 10.1 Å². The highest BCUT2D eigenvalue weighted by atomic mass is 35.5. The van der Waals surface area contributed by atoms with E-state index in [1.807, 2.05) is 0 Å². The molecule has 10 heteroatoms. The molecule has 3 rings (SSSR count). The number of nitrogens with two attached hydrogens (primary N) is 1. The molecule has 0 aliphatic rings. The Morgan fingerprint density at radius 2 is 1.88 bits per heavy atom. The monoisotopic (exact) mass is 376 g/mol. The van der Waals surface area contributed by atoms with Crippen LogP contribution in [0.3, 0.4) is 0 Å². The third-order valence-electron chi connectivity index (χ3n) is 3.59. The van der Waals surface area contributed by atoms with E-state index in [4.69, 9.17) is 17.3 Å². The van der Waals surface area contributed by atoms with Crippen LogP contribution in [0.5, 0.6) is 0 Å². The van der Waals surface area contributed by atoms with Gasteiger partial charge in [0.05, 0.1) is 16.6 Å². The lowest BCUT2D eigenvalue weighted by atomic mass is 10.2. The molecule has 3 aromatic rings. The van der Waals surface area contributed by atoms with Gasteiger partial charge < -0.3 is 5.73 Å². The second-order valence-electron chi connectivity index (χ2n) is 5.32. The Morgan fingerprint density at radius 3 is 2.44 bits per heavy atom. The maximum absolute atomic E-state index is 13.3. The summed E-state index contributed by atoms with van der Waals surface area (Å²) in [6, 6.07) is 5.42. The second kappa shape index (κ2) is 5.83. The Labute approximate surface area is 143 Å². The summed E-state index contributed by atoms with van der Waals surface area (Å²) in [6.07, 6.45) is -8.13. The van der Waals surface area contributed by atoms with Crippen molar-refractivity contribution in [2.45, 2.75) is 19.5 Å². The van der Waals surface area contributed by atoms with Crippen LogP contribution >= 0.6 is 11.6 Å². The van der Waals surface area contributed by atoms with Crippen molar-refractivity contribution >= 4 is 28.3 Å². The molecule has 0 bridgehead atoms. The van der Waals surface area contributed by atoms with Crippen molar-refractivity contribution in [3.8, 4) is 5.69 Å². The van der Waals surface area contributed by atoms with Gasteiger partial charge in [-0.2, -0.15) is 18.3 Å². The second-order valence-corrected chi connectivity index (χ2v) is 5.75. The van der Waals surface area contributed by atoms with Crippen molar-refractivity contribution in [1.29, 1.82) is 0 Å². The number of hydrogen-bond acceptors (Lipinski definition) is 3. The number of aryl methyl sites for hydroxylation is 1. The molecule has 2 aromatic heterocycles. The minimum Gasteiger partial charge on any atom is -0.383 e. The average molecular weight is 377 g/mol. The number of rotatable bonds is 2. The Balaban J connectivity index is 2.36. The van der Waals surface area contributed by atoms with Gasteiger partial charge in [-0.3, -0.25) is 0 Å². The highest BCUT2D eigenvalue weighted by molar-refractivity contribution is 6.30. The first-order chi connectivity index (χ1) is 11.6. The SMILES string of the molecule is Cc1cc(Cl)ccc1-n1nc2cc(C(F)F)nc(C(F)(F)F)c2c1N. The van der Waals surface area contributed by atoms with E-state index in [1.54, 1.807) is 13.0 Å². The Bertz CT molecular complexity index is 965. The van der Waals surface area contributed by atoms with E-state index in [0.717, 1.165) is 10.7 Å². The summed E-state index contributed by atoms with van der Waals surface area (Å²) >= 11 is 5.86. The van der Waals surface area contributed by atoms with Gasteiger partial charge >= 0.3 is 6.18 Å². The molecule has 0 saturated carbocycles. The van der Waals surface area contributed by atoms with Gasteiger partial charge in [0.15, 0.2) is 5.69 Å². The van der Waals surface area contributed by atoms with Crippen molar-refractivity contribution in [3.63, 3.8) is 0 Å². The van der Waals surface area contributed by atoms with Crippen LogP contribution in [-0.4, -0.2) is 14.8 Å². The predicted octanol–water partition coefficient (Wildman–Crippen LogP) is 4.92. The third kappa shape index (κ3) is 2.99. The maximum Gasteiger partial charge on any atom is 0.434 e. The molecular weight excluding hydrogens is 367 g/mol. The van der Waals surface area contributed by atoms with Gasteiger partial charge in [-0.1, -0.05) is 11.6 Å². The number of benzene rings is 1. The predicted molar refractivity (Wildman–Crippen MR) is 83.0 cm³/mol. The summed E-state index contributed by atoms with van der Waals surface area (Å²) < 4.78 is 66.6. The zero-order valence-corrected chi connectivity index (χ0v) is 13.3. The molecule has 4 nitrogen and oxygen atoms in total. The van der Waals surface area contributed by atoms with Crippen molar-refractivity contribution < 1.29 is 22.0 Å². The van der Waals surface area contributed by atoms with E-state index in [-0.39, 0.29) is 11.3 Å². The fraction of sp³-hybridized carbons (Fsp3) is 0.200. The molecule has 0 spiro atoms. The fourth-order valence-electron chi connectivity index (χ4n) is 2.51. The van der Waals surface area contributed by atoms with Gasteiger partial charge in [-0.25, -0.2) is 18.4 Å². The summed E-state index contributed by atoms with van der Waals surface area (Å²) in [4.78, 5) is 3.05. The first-order valence-corrected chi connectivity index (χ1v) is 7.28. The lowest BCUT2D eigenvalue weighted by Crippen LogP contribution is -2.11. The topological polar surface area (TPSA) is 56.7 Å². The first-order valence-electron chi connectivity index (χ1n) is 6.90. The van der Waals surface area contributed by atoms with Crippen LogP contribution in [0.4, 0.5) is 27.8 Å². The van der Waals surface area contributed by atoms with E-state index < -0.39 is 29.4 Å². The maximum atomic E-state index is 13.3. The molecule has 0 atom stereocenters. The zero-order valence-electron chi connectivity index (χ0n) is 12.6. The largest absolute Gasteiger partial charge is 0.434 e. The fourth-order valence-corrected chi connectivity index (χ4v) is 2.73. The standard InChI is InChI=1S/C15H10ClF5N4/c1-6-4-7(16)2-3-10(6)25-14(22)11-8(24-25)5-9(13(17)18)23-12(11)15(19,20)21/h2-5,13H,22H2,1H3. The normalized spacial score (nSPS) is 12.3. The van der Waals surface area contributed by atoms with Gasteiger partial charge in [-0.15, -0.1) is 0 Å². The highest BCUT2D eigenvalue weighted by Crippen LogP contribution is 2.38. The van der Waals surface area contributed by atoms with Crippen LogP contribution in [0, 0.1) is 6.92 Å². The lowest BCUT2D eigenvalue weighted by Gasteiger charge is -2.10. The Hall–Kier alpha value is -2.42. The summed E-state index contributed by atoms with van der Waals surface area (Å²) in [7, 11) is 0. The number of hydrogen-bond donors (Lipinski definition) is 1. The highest BCUT2D eigenvalue weighted by Gasteiger charge is 2.38. The first kappa shape index (κ1) is 17.4. The molecule has 132 valence electrons. The molecule has 0 unspecified atom stereocenters. The van der Waals surface area contributed by atoms with E-state index >= 15 is 0 Å². The van der Waals surface area contributed by atoms with Crippen LogP contribution in [-0.2, 0) is 6.18 Å². The molecule has 0 aliphatic carbocycles. The molecule has 0 amide bonds. The smallest absolute Gasteiger partial charge is 0.383 e. The number of anilines is 1. The third-order valence-corrected chi connectivity index (χ3v) is 3.82. The molecule has 0 fully saturated rings. The van der Waals surface area contributed by atoms with Crippen LogP contribution in [0.15, 0.2) is 24.3 Å². The number of aromatic nitrogens is 3. The summed E-state index contributed by atoms with van der Waals surface area (Å²) in [5.41, 5.74) is 4.00. The van der Waals surface area contributed by atoms with Crippen molar-refractivity contribution in [1.82, 2.24) is 14.8 Å². The summed E-state index contributed by atoms with van der Waals surface area (Å²) in [5.74, 6) is -0.346. The number of nitrogens with zero attached hydrogens (tertiary/aromatic N) is 3. The number of pyridine rings is 1. The van der Waals surface area contributed by atoms with Gasteiger partial charge in [-0.05, 0) is 36.8 Å². The van der Waals surface area contributed by atoms with Crippen LogP contribution < -0.4 is 5.73 Å². The molecule has 0 saturated heterocycles. The molecule has 1 aromatic carbocycles. The minimum atomic E-state index is -4.96. The zero-order chi connectivity index (χ0) is 18.5. The Kier molecular flexibility index (Phi) is 4.06. The van der Waals surface area contributed by atoms with Crippen molar-refractivity contribution in [3.05, 3.63) is 46.2 Å².